The van der Waals surface area contributed by atoms with E-state index in [2.05, 4.69) is 33.9 Å². The highest BCUT2D eigenvalue weighted by Gasteiger charge is 2.24. The van der Waals surface area contributed by atoms with Crippen molar-refractivity contribution in [3.63, 3.8) is 0 Å². The summed E-state index contributed by atoms with van der Waals surface area (Å²) in [5.74, 6) is 0.413. The Morgan fingerprint density at radius 3 is 3.00 bits per heavy atom. The Kier molecular flexibility index (Phi) is 4.10. The predicted molar refractivity (Wildman–Crippen MR) is 82.2 cm³/mol. The van der Waals surface area contributed by atoms with E-state index < -0.39 is 0 Å². The van der Waals surface area contributed by atoms with E-state index >= 15 is 0 Å². The van der Waals surface area contributed by atoms with Gasteiger partial charge in [0.25, 0.3) is 0 Å². The van der Waals surface area contributed by atoms with Crippen LogP contribution in [0.4, 0.5) is 0 Å². The van der Waals surface area contributed by atoms with Crippen molar-refractivity contribution >= 4 is 16.3 Å². The van der Waals surface area contributed by atoms with Gasteiger partial charge >= 0.3 is 0 Å². The SMILES string of the molecule is Cc1nc2scc(C)n2c1CNC1CCCCC1CO. The molecule has 1 saturated carbocycles. The monoisotopic (exact) mass is 293 g/mol. The number of nitrogens with one attached hydrogen (secondary N) is 1. The van der Waals surface area contributed by atoms with E-state index in [0.29, 0.717) is 18.6 Å². The van der Waals surface area contributed by atoms with Gasteiger partial charge in [0.05, 0.1) is 11.4 Å². The van der Waals surface area contributed by atoms with E-state index in [-0.39, 0.29) is 0 Å². The van der Waals surface area contributed by atoms with Crippen molar-refractivity contribution in [1.82, 2.24) is 14.7 Å². The van der Waals surface area contributed by atoms with Crippen LogP contribution in [-0.2, 0) is 6.54 Å². The molecule has 0 saturated heterocycles. The summed E-state index contributed by atoms with van der Waals surface area (Å²) in [6.45, 7) is 5.35. The van der Waals surface area contributed by atoms with Gasteiger partial charge in [-0.25, -0.2) is 4.98 Å². The quantitative estimate of drug-likeness (QED) is 0.911. The summed E-state index contributed by atoms with van der Waals surface area (Å²) in [6, 6.07) is 0.442. The minimum atomic E-state index is 0.302. The molecule has 1 aliphatic carbocycles. The lowest BCUT2D eigenvalue weighted by molar-refractivity contribution is 0.152. The van der Waals surface area contributed by atoms with Gasteiger partial charge in [0.2, 0.25) is 0 Å². The van der Waals surface area contributed by atoms with Crippen LogP contribution in [0.15, 0.2) is 5.38 Å². The molecule has 2 aromatic rings. The zero-order valence-corrected chi connectivity index (χ0v) is 13.0. The molecule has 2 N–H and O–H groups in total. The molecular weight excluding hydrogens is 270 g/mol. The molecule has 1 fully saturated rings. The number of aromatic nitrogens is 2. The number of hydrogen-bond acceptors (Lipinski definition) is 4. The van der Waals surface area contributed by atoms with E-state index in [1.165, 1.54) is 30.7 Å². The average Bonchev–Trinajstić information content (AvgIpc) is 2.96. The first-order chi connectivity index (χ1) is 9.70. The predicted octanol–water partition coefficient (Wildman–Crippen LogP) is 2.65. The molecule has 2 aromatic heterocycles. The molecule has 110 valence electrons. The van der Waals surface area contributed by atoms with Gasteiger partial charge < -0.3 is 10.4 Å². The first-order valence-corrected chi connectivity index (χ1v) is 8.35. The molecule has 4 nitrogen and oxygen atoms in total. The molecular formula is C15H23N3OS. The fourth-order valence-electron chi connectivity index (χ4n) is 3.30. The van der Waals surface area contributed by atoms with Gasteiger partial charge in [-0.1, -0.05) is 12.8 Å². The van der Waals surface area contributed by atoms with Crippen molar-refractivity contribution in [3.05, 3.63) is 22.5 Å². The lowest BCUT2D eigenvalue weighted by atomic mass is 9.85. The molecule has 3 rings (SSSR count). The van der Waals surface area contributed by atoms with E-state index in [4.69, 9.17) is 0 Å². The lowest BCUT2D eigenvalue weighted by Crippen LogP contribution is -2.40. The number of rotatable bonds is 4. The maximum Gasteiger partial charge on any atom is 0.194 e. The molecule has 0 spiro atoms. The first-order valence-electron chi connectivity index (χ1n) is 7.47. The van der Waals surface area contributed by atoms with Crippen LogP contribution in [0.2, 0.25) is 0 Å². The Morgan fingerprint density at radius 1 is 1.40 bits per heavy atom. The maximum absolute atomic E-state index is 9.50. The highest BCUT2D eigenvalue weighted by Crippen LogP contribution is 2.25. The van der Waals surface area contributed by atoms with Crippen molar-refractivity contribution < 1.29 is 5.11 Å². The smallest absolute Gasteiger partial charge is 0.194 e. The molecule has 0 radical (unpaired) electrons. The van der Waals surface area contributed by atoms with Gasteiger partial charge in [0, 0.05) is 30.3 Å². The topological polar surface area (TPSA) is 49.6 Å². The van der Waals surface area contributed by atoms with Crippen LogP contribution < -0.4 is 5.32 Å². The summed E-state index contributed by atoms with van der Waals surface area (Å²) < 4.78 is 2.25. The summed E-state index contributed by atoms with van der Waals surface area (Å²) >= 11 is 1.70. The second-order valence-corrected chi connectivity index (χ2v) is 6.69. The third-order valence-electron chi connectivity index (χ3n) is 4.51. The van der Waals surface area contributed by atoms with Crippen molar-refractivity contribution in [2.24, 2.45) is 5.92 Å². The van der Waals surface area contributed by atoms with Crippen LogP contribution >= 0.6 is 11.3 Å². The molecule has 1 aliphatic rings. The van der Waals surface area contributed by atoms with Crippen molar-refractivity contribution in [1.29, 1.82) is 0 Å². The molecule has 2 unspecified atom stereocenters. The summed E-state index contributed by atoms with van der Waals surface area (Å²) in [7, 11) is 0. The minimum absolute atomic E-state index is 0.302. The summed E-state index contributed by atoms with van der Waals surface area (Å²) in [5, 5.41) is 15.3. The Morgan fingerprint density at radius 2 is 2.20 bits per heavy atom. The number of aliphatic hydroxyl groups is 1. The van der Waals surface area contributed by atoms with E-state index in [9.17, 15) is 5.11 Å². The van der Waals surface area contributed by atoms with Crippen LogP contribution in [0.25, 0.3) is 4.96 Å². The standard InChI is InChI=1S/C15H23N3OS/c1-10-9-20-15-17-11(2)14(18(10)15)7-16-13-6-4-3-5-12(13)8-19/h9,12-13,16,19H,3-8H2,1-2H3. The van der Waals surface area contributed by atoms with Crippen molar-refractivity contribution in [2.75, 3.05) is 6.61 Å². The van der Waals surface area contributed by atoms with E-state index in [1.807, 2.05) is 0 Å². The molecule has 0 amide bonds. The van der Waals surface area contributed by atoms with Gasteiger partial charge in [0.15, 0.2) is 4.96 Å². The third kappa shape index (κ3) is 2.50. The Hall–Kier alpha value is -0.910. The number of aliphatic hydroxyl groups excluding tert-OH is 1. The fraction of sp³-hybridized carbons (Fsp3) is 0.667. The number of imidazole rings is 1. The van der Waals surface area contributed by atoms with Gasteiger partial charge in [0.1, 0.15) is 0 Å². The van der Waals surface area contributed by atoms with Gasteiger partial charge in [-0.3, -0.25) is 4.40 Å². The van der Waals surface area contributed by atoms with Crippen molar-refractivity contribution in [3.8, 4) is 0 Å². The number of nitrogens with zero attached hydrogens (tertiary/aromatic N) is 2. The van der Waals surface area contributed by atoms with Crippen LogP contribution in [0.5, 0.6) is 0 Å². The van der Waals surface area contributed by atoms with Gasteiger partial charge in [-0.2, -0.15) is 0 Å². The summed E-state index contributed by atoms with van der Waals surface area (Å²) in [4.78, 5) is 5.71. The van der Waals surface area contributed by atoms with E-state index in [1.54, 1.807) is 11.3 Å². The molecule has 0 aromatic carbocycles. The second kappa shape index (κ2) is 5.84. The lowest BCUT2D eigenvalue weighted by Gasteiger charge is -2.31. The highest BCUT2D eigenvalue weighted by molar-refractivity contribution is 7.15. The second-order valence-electron chi connectivity index (χ2n) is 5.85. The Labute approximate surface area is 123 Å². The van der Waals surface area contributed by atoms with Crippen LogP contribution in [-0.4, -0.2) is 27.1 Å². The van der Waals surface area contributed by atoms with Gasteiger partial charge in [-0.05, 0) is 32.6 Å². The zero-order chi connectivity index (χ0) is 14.1. The highest BCUT2D eigenvalue weighted by atomic mass is 32.1. The van der Waals surface area contributed by atoms with Crippen LogP contribution in [0.3, 0.4) is 0 Å². The number of thiazole rings is 1. The third-order valence-corrected chi connectivity index (χ3v) is 5.45. The molecule has 2 atom stereocenters. The Bertz CT molecular complexity index is 589. The zero-order valence-electron chi connectivity index (χ0n) is 12.2. The first kappa shape index (κ1) is 14.0. The minimum Gasteiger partial charge on any atom is -0.396 e. The largest absolute Gasteiger partial charge is 0.396 e. The summed E-state index contributed by atoms with van der Waals surface area (Å²) in [6.07, 6.45) is 4.84. The fourth-order valence-corrected chi connectivity index (χ4v) is 4.23. The molecule has 20 heavy (non-hydrogen) atoms. The van der Waals surface area contributed by atoms with Gasteiger partial charge in [-0.15, -0.1) is 11.3 Å². The maximum atomic E-state index is 9.50. The normalized spacial score (nSPS) is 23.6. The molecule has 0 aliphatic heterocycles. The average molecular weight is 293 g/mol. The van der Waals surface area contributed by atoms with Crippen LogP contribution in [0.1, 0.15) is 42.8 Å². The van der Waals surface area contributed by atoms with Crippen molar-refractivity contribution in [2.45, 2.75) is 52.1 Å². The Balaban J connectivity index is 1.76. The van der Waals surface area contributed by atoms with Crippen LogP contribution in [0, 0.1) is 19.8 Å². The van der Waals surface area contributed by atoms with E-state index in [0.717, 1.165) is 23.6 Å². The molecule has 2 heterocycles. The number of aryl methyl sites for hydroxylation is 2. The number of fused-ring (bicyclic) bond motifs is 1. The number of hydrogen-bond donors (Lipinski definition) is 2. The summed E-state index contributed by atoms with van der Waals surface area (Å²) in [5.41, 5.74) is 3.63. The molecule has 0 bridgehead atoms. The molecule has 5 heteroatoms.